The van der Waals surface area contributed by atoms with E-state index in [1.54, 1.807) is 0 Å². The minimum atomic E-state index is -1.34. The third kappa shape index (κ3) is 23.4. The molecule has 19 heteroatoms. The first kappa shape index (κ1) is 48.9. The second kappa shape index (κ2) is 29.2. The Morgan fingerprint density at radius 2 is 1.51 bits per heavy atom. The maximum absolute atomic E-state index is 13.1. The van der Waals surface area contributed by atoms with E-state index in [2.05, 4.69) is 20.6 Å². The number of carbonyl (C=O) groups is 7. The Kier molecular flexibility index (Phi) is 25.9. The van der Waals surface area contributed by atoms with Crippen LogP contribution in [0.4, 0.5) is 0 Å². The van der Waals surface area contributed by atoms with Crippen molar-refractivity contribution in [3.8, 4) is 0 Å². The second-order valence-corrected chi connectivity index (χ2v) is 13.0. The monoisotopic (exact) mass is 785 g/mol. The lowest BCUT2D eigenvalue weighted by Gasteiger charge is -2.21. The molecule has 0 spiro atoms. The summed E-state index contributed by atoms with van der Waals surface area (Å²) >= 11 is 0. The van der Waals surface area contributed by atoms with E-state index in [0.717, 1.165) is 0 Å². The van der Waals surface area contributed by atoms with Crippen molar-refractivity contribution in [3.05, 3.63) is 18.2 Å². The van der Waals surface area contributed by atoms with Gasteiger partial charge in [0.1, 0.15) is 25.0 Å². The van der Waals surface area contributed by atoms with Gasteiger partial charge in [-0.15, -0.1) is 0 Å². The van der Waals surface area contributed by atoms with Crippen molar-refractivity contribution in [2.24, 2.45) is 17.6 Å². The number of aliphatic hydroxyl groups is 1. The molecule has 0 aromatic carbocycles. The van der Waals surface area contributed by atoms with Gasteiger partial charge in [-0.3, -0.25) is 28.8 Å². The van der Waals surface area contributed by atoms with Gasteiger partial charge in [-0.1, -0.05) is 6.42 Å². The van der Waals surface area contributed by atoms with Crippen molar-refractivity contribution in [1.29, 1.82) is 0 Å². The number of aliphatic carboxylic acids is 2. The summed E-state index contributed by atoms with van der Waals surface area (Å²) in [6.45, 7) is 4.83. The van der Waals surface area contributed by atoms with Crippen LogP contribution >= 0.6 is 0 Å². The van der Waals surface area contributed by atoms with E-state index in [4.69, 9.17) is 24.7 Å². The molecule has 5 atom stereocenters. The van der Waals surface area contributed by atoms with Crippen LogP contribution in [0, 0.1) is 11.8 Å². The van der Waals surface area contributed by atoms with E-state index in [1.807, 2.05) is 6.92 Å². The maximum Gasteiger partial charge on any atom is 0.326 e. The first-order valence-corrected chi connectivity index (χ1v) is 18.6. The molecule has 0 aliphatic rings. The largest absolute Gasteiger partial charge is 0.481 e. The molecule has 1 rings (SSSR count). The molecular weight excluding hydrogens is 726 g/mol. The summed E-state index contributed by atoms with van der Waals surface area (Å²) in [5.74, 6) is -6.91. The van der Waals surface area contributed by atoms with E-state index >= 15 is 0 Å². The lowest BCUT2D eigenvalue weighted by molar-refractivity contribution is -0.148. The van der Waals surface area contributed by atoms with Crippen LogP contribution in [-0.4, -0.2) is 144 Å². The summed E-state index contributed by atoms with van der Waals surface area (Å²) in [6, 6.07) is -2.25. The number of nitrogens with zero attached hydrogens (tertiary/aromatic N) is 1. The number of hydrogen-bond donors (Lipinski definition) is 7. The van der Waals surface area contributed by atoms with Gasteiger partial charge in [0.2, 0.25) is 11.8 Å². The summed E-state index contributed by atoms with van der Waals surface area (Å²) in [6.07, 6.45) is 2.58. The molecule has 2 amide bonds. The fraction of sp³-hybridized carbons (Fsp3) is 0.722. The van der Waals surface area contributed by atoms with Gasteiger partial charge in [-0.05, 0) is 39.5 Å². The molecule has 0 saturated carbocycles. The second-order valence-electron chi connectivity index (χ2n) is 13.0. The molecule has 0 radical (unpaired) electrons. The molecule has 1 aromatic heterocycles. The highest BCUT2D eigenvalue weighted by molar-refractivity contribution is 5.92. The van der Waals surface area contributed by atoms with Crippen LogP contribution in [-0.2, 0) is 58.9 Å². The van der Waals surface area contributed by atoms with Crippen molar-refractivity contribution < 1.29 is 67.8 Å². The quantitative estimate of drug-likeness (QED) is 0.0445. The van der Waals surface area contributed by atoms with Crippen LogP contribution in [0.1, 0.15) is 77.3 Å². The van der Waals surface area contributed by atoms with E-state index < -0.39 is 72.6 Å². The number of aliphatic hydroxyl groups excluding tert-OH is 1. The summed E-state index contributed by atoms with van der Waals surface area (Å²) in [4.78, 5) is 92.4. The lowest BCUT2D eigenvalue weighted by Crippen LogP contribution is -2.43. The van der Waals surface area contributed by atoms with Crippen LogP contribution in [0.15, 0.2) is 12.5 Å². The van der Waals surface area contributed by atoms with E-state index in [1.165, 1.54) is 19.4 Å². The Morgan fingerprint density at radius 3 is 2.15 bits per heavy atom. The number of ether oxygens (including phenoxy) is 4. The Bertz CT molecular complexity index is 1310. The Morgan fingerprint density at radius 1 is 0.818 bits per heavy atom. The van der Waals surface area contributed by atoms with Crippen LogP contribution in [0.3, 0.4) is 0 Å². The van der Waals surface area contributed by atoms with Crippen molar-refractivity contribution in [2.45, 2.75) is 96.2 Å². The maximum atomic E-state index is 13.1. The first-order valence-electron chi connectivity index (χ1n) is 18.6. The number of hydrogen-bond acceptors (Lipinski definition) is 14. The van der Waals surface area contributed by atoms with E-state index in [0.29, 0.717) is 57.8 Å². The average Bonchev–Trinajstić information content (AvgIpc) is 3.65. The number of H-pyrrole nitrogens is 1. The molecule has 1 aromatic rings. The minimum absolute atomic E-state index is 0.0159. The number of rotatable bonds is 35. The van der Waals surface area contributed by atoms with Crippen molar-refractivity contribution in [3.63, 3.8) is 0 Å². The van der Waals surface area contributed by atoms with Crippen LogP contribution in [0.5, 0.6) is 0 Å². The summed E-state index contributed by atoms with van der Waals surface area (Å²) in [5, 5.41) is 33.8. The summed E-state index contributed by atoms with van der Waals surface area (Å²) in [7, 11) is 0. The minimum Gasteiger partial charge on any atom is -0.481 e. The predicted molar refractivity (Wildman–Crippen MR) is 195 cm³/mol. The zero-order valence-corrected chi connectivity index (χ0v) is 31.8. The van der Waals surface area contributed by atoms with E-state index in [-0.39, 0.29) is 70.0 Å². The number of unbranched alkanes of at least 4 members (excludes halogenated alkanes) is 1. The zero-order valence-electron chi connectivity index (χ0n) is 31.8. The number of carboxylic acids is 2. The molecule has 0 saturated heterocycles. The number of Topliss-reactive ketones (excluding diaryl/α,β-unsaturated/α-hetero) is 3. The highest BCUT2D eigenvalue weighted by atomic mass is 16.5. The number of nitrogens with one attached hydrogen (secondary N) is 3. The summed E-state index contributed by atoms with van der Waals surface area (Å²) in [5.41, 5.74) is 6.69. The molecule has 0 bridgehead atoms. The van der Waals surface area contributed by atoms with Crippen LogP contribution < -0.4 is 16.4 Å². The molecule has 19 nitrogen and oxygen atoms in total. The highest BCUT2D eigenvalue weighted by Gasteiger charge is 2.31. The Balaban J connectivity index is 2.38. The third-order valence-electron chi connectivity index (χ3n) is 8.42. The zero-order chi connectivity index (χ0) is 41.0. The van der Waals surface area contributed by atoms with Gasteiger partial charge < -0.3 is 55.6 Å². The molecule has 312 valence electrons. The van der Waals surface area contributed by atoms with Gasteiger partial charge in [0.15, 0.2) is 11.6 Å². The van der Waals surface area contributed by atoms with Gasteiger partial charge in [-0.2, -0.15) is 0 Å². The number of carboxylic acid groups (broad SMARTS) is 2. The van der Waals surface area contributed by atoms with Gasteiger partial charge in [0.05, 0.1) is 50.8 Å². The normalized spacial score (nSPS) is 14.0. The van der Waals surface area contributed by atoms with Crippen molar-refractivity contribution >= 4 is 41.1 Å². The van der Waals surface area contributed by atoms with Crippen LogP contribution in [0.2, 0.25) is 0 Å². The number of aromatic nitrogens is 2. The van der Waals surface area contributed by atoms with Crippen molar-refractivity contribution in [1.82, 2.24) is 20.6 Å². The van der Waals surface area contributed by atoms with Gasteiger partial charge >= 0.3 is 11.9 Å². The molecule has 0 fully saturated rings. The lowest BCUT2D eigenvalue weighted by atomic mass is 9.84. The van der Waals surface area contributed by atoms with Crippen molar-refractivity contribution in [2.75, 3.05) is 59.4 Å². The SMILES string of the molecule is CCOCCOCC(=O)CCCOCCOCC(=O)N[C@@H](CCC(=O)NCCCC[C@H](CC(=O)[C@@H](N)Cc1cnc[nH]1)C(=O)C[C@H](C(=O)O)[C@@H](C)O)C(=O)O. The highest BCUT2D eigenvalue weighted by Crippen LogP contribution is 2.22. The fourth-order valence-corrected chi connectivity index (χ4v) is 5.24. The van der Waals surface area contributed by atoms with Gasteiger partial charge in [-0.25, -0.2) is 9.78 Å². The Hall–Kier alpha value is -4.14. The molecule has 55 heavy (non-hydrogen) atoms. The number of imidazole rings is 1. The van der Waals surface area contributed by atoms with E-state index in [9.17, 15) is 48.9 Å². The number of carbonyl (C=O) groups excluding carboxylic acids is 5. The topological polar surface area (TPSA) is 296 Å². The third-order valence-corrected chi connectivity index (χ3v) is 8.42. The smallest absolute Gasteiger partial charge is 0.326 e. The number of amides is 2. The predicted octanol–water partition coefficient (Wildman–Crippen LogP) is -0.0326. The number of aromatic amines is 1. The number of nitrogens with two attached hydrogens (primary N) is 1. The standard InChI is InChI=1S/C36H59N5O14/c1-3-52-13-15-54-21-27(43)8-6-12-53-14-16-55-22-34(47)41-30(36(50)51)9-10-33(46)39-11-5-4-7-25(31(44)19-28(24(2)42)35(48)49)17-32(45)29(37)18-26-20-38-23-40-26/h20,23-25,28-30,42H,3-19,21-22,37H2,1-2H3,(H,38,40)(H,39,46)(H,41,47)(H,48,49)(H,50,51)/t24-,25-,28+,29+,30+/m1/s1. The molecular formula is C36H59N5O14. The van der Waals surface area contributed by atoms with Gasteiger partial charge in [0, 0.05) is 69.7 Å². The Labute approximate surface area is 320 Å². The first-order chi connectivity index (χ1) is 26.2. The molecule has 8 N–H and O–H groups in total. The summed E-state index contributed by atoms with van der Waals surface area (Å²) < 4.78 is 20.9. The average molecular weight is 786 g/mol. The number of ketones is 3. The molecule has 1 heterocycles. The molecule has 0 aliphatic carbocycles. The van der Waals surface area contributed by atoms with Gasteiger partial charge in [0.25, 0.3) is 0 Å². The van der Waals surface area contributed by atoms with Crippen LogP contribution in [0.25, 0.3) is 0 Å². The molecule has 0 unspecified atom stereocenters. The molecule has 0 aliphatic heterocycles. The fourth-order valence-electron chi connectivity index (χ4n) is 5.24.